The maximum atomic E-state index is 12.0. The molecule has 0 radical (unpaired) electrons. The molecule has 0 spiro atoms. The molecule has 0 bridgehead atoms. The number of aromatic nitrogens is 2. The molecule has 1 saturated heterocycles. The van der Waals surface area contributed by atoms with Crippen molar-refractivity contribution in [3.8, 4) is 0 Å². The summed E-state index contributed by atoms with van der Waals surface area (Å²) < 4.78 is 0. The van der Waals surface area contributed by atoms with E-state index in [1.807, 2.05) is 7.05 Å². The van der Waals surface area contributed by atoms with E-state index in [-0.39, 0.29) is 5.91 Å². The first-order valence-electron chi connectivity index (χ1n) is 6.75. The van der Waals surface area contributed by atoms with Crippen LogP contribution in [0.25, 0.3) is 0 Å². The second-order valence-electron chi connectivity index (χ2n) is 4.80. The van der Waals surface area contributed by atoms with E-state index in [1.54, 1.807) is 18.5 Å². The number of carbonyl (C=O) groups excluding carboxylic acids is 1. The lowest BCUT2D eigenvalue weighted by atomic mass is 10.0. The molecular weight excluding hydrogens is 242 g/mol. The lowest BCUT2D eigenvalue weighted by molar-refractivity contribution is -0.118. The fraction of sp³-hybridized carbons (Fsp3) is 0.615. The average molecular weight is 263 g/mol. The number of likely N-dealkylation sites (N-methyl/N-ethyl adjacent to an activating group) is 1. The minimum absolute atomic E-state index is 0.0470. The molecule has 6 heteroatoms. The second-order valence-corrected chi connectivity index (χ2v) is 4.80. The summed E-state index contributed by atoms with van der Waals surface area (Å²) in [6.07, 6.45) is 6.79. The van der Waals surface area contributed by atoms with Gasteiger partial charge in [-0.3, -0.25) is 15.0 Å². The lowest BCUT2D eigenvalue weighted by Crippen LogP contribution is -2.48. The second kappa shape index (κ2) is 7.16. The fourth-order valence-electron chi connectivity index (χ4n) is 2.45. The van der Waals surface area contributed by atoms with Crippen LogP contribution < -0.4 is 10.6 Å². The highest BCUT2D eigenvalue weighted by atomic mass is 16.2. The van der Waals surface area contributed by atoms with Crippen LogP contribution in [-0.2, 0) is 4.79 Å². The van der Waals surface area contributed by atoms with E-state index in [2.05, 4.69) is 25.5 Å². The van der Waals surface area contributed by atoms with Crippen LogP contribution in [-0.4, -0.2) is 53.5 Å². The van der Waals surface area contributed by atoms with Gasteiger partial charge < -0.3 is 5.32 Å². The Kier molecular flexibility index (Phi) is 5.23. The Labute approximate surface area is 113 Å². The van der Waals surface area contributed by atoms with Crippen molar-refractivity contribution >= 4 is 11.9 Å². The monoisotopic (exact) mass is 263 g/mol. The molecule has 1 aromatic rings. The zero-order valence-electron chi connectivity index (χ0n) is 11.3. The molecule has 0 aliphatic carbocycles. The molecule has 2 N–H and O–H groups in total. The third-order valence-electron chi connectivity index (χ3n) is 3.35. The van der Waals surface area contributed by atoms with Gasteiger partial charge in [0, 0.05) is 25.0 Å². The van der Waals surface area contributed by atoms with Crippen molar-refractivity contribution in [1.82, 2.24) is 20.2 Å². The maximum Gasteiger partial charge on any atom is 0.240 e. The maximum absolute atomic E-state index is 12.0. The van der Waals surface area contributed by atoms with Crippen molar-refractivity contribution in [1.29, 1.82) is 0 Å². The Morgan fingerprint density at radius 3 is 2.95 bits per heavy atom. The Morgan fingerprint density at radius 1 is 1.42 bits per heavy atom. The Morgan fingerprint density at radius 2 is 2.21 bits per heavy atom. The molecule has 0 aromatic carbocycles. The third-order valence-corrected chi connectivity index (χ3v) is 3.35. The predicted octanol–water partition coefficient (Wildman–Crippen LogP) is 0.489. The van der Waals surface area contributed by atoms with E-state index in [0.717, 1.165) is 25.9 Å². The van der Waals surface area contributed by atoms with E-state index in [4.69, 9.17) is 0 Å². The molecule has 104 valence electrons. The smallest absolute Gasteiger partial charge is 0.240 e. The summed E-state index contributed by atoms with van der Waals surface area (Å²) in [5.74, 6) is 0.323. The molecule has 0 saturated carbocycles. The molecule has 1 atom stereocenters. The molecule has 2 rings (SSSR count). The van der Waals surface area contributed by atoms with Crippen LogP contribution in [0.1, 0.15) is 19.3 Å². The molecule has 19 heavy (non-hydrogen) atoms. The van der Waals surface area contributed by atoms with Gasteiger partial charge >= 0.3 is 0 Å². The summed E-state index contributed by atoms with van der Waals surface area (Å²) >= 11 is 0. The van der Waals surface area contributed by atoms with Gasteiger partial charge in [0.25, 0.3) is 0 Å². The summed E-state index contributed by atoms with van der Waals surface area (Å²) in [7, 11) is 1.95. The van der Waals surface area contributed by atoms with Gasteiger partial charge in [-0.2, -0.15) is 0 Å². The topological polar surface area (TPSA) is 70.2 Å². The zero-order chi connectivity index (χ0) is 13.5. The van der Waals surface area contributed by atoms with Crippen LogP contribution in [0.15, 0.2) is 18.5 Å². The van der Waals surface area contributed by atoms with Gasteiger partial charge in [-0.05, 0) is 32.5 Å². The quantitative estimate of drug-likeness (QED) is 0.809. The van der Waals surface area contributed by atoms with E-state index in [9.17, 15) is 4.79 Å². The van der Waals surface area contributed by atoms with Gasteiger partial charge in [0.15, 0.2) is 0 Å². The number of hydrogen-bond donors (Lipinski definition) is 2. The molecule has 1 aromatic heterocycles. The summed E-state index contributed by atoms with van der Waals surface area (Å²) in [5.41, 5.74) is 0. The van der Waals surface area contributed by atoms with Crippen molar-refractivity contribution in [2.75, 3.05) is 32.0 Å². The number of rotatable bonds is 5. The normalized spacial score (nSPS) is 20.2. The van der Waals surface area contributed by atoms with Crippen molar-refractivity contribution in [3.05, 3.63) is 18.5 Å². The first-order valence-corrected chi connectivity index (χ1v) is 6.75. The van der Waals surface area contributed by atoms with E-state index in [0.29, 0.717) is 18.5 Å². The number of nitrogens with zero attached hydrogens (tertiary/aromatic N) is 3. The molecular formula is C13H21N5O. The Hall–Kier alpha value is -1.53. The Bertz CT molecular complexity index is 395. The van der Waals surface area contributed by atoms with Crippen molar-refractivity contribution < 1.29 is 4.79 Å². The van der Waals surface area contributed by atoms with Crippen LogP contribution in [0.4, 0.5) is 5.95 Å². The molecule has 1 aliphatic heterocycles. The summed E-state index contributed by atoms with van der Waals surface area (Å²) in [6.45, 7) is 2.31. The van der Waals surface area contributed by atoms with Crippen molar-refractivity contribution in [2.45, 2.75) is 25.3 Å². The minimum Gasteiger partial charge on any atom is -0.318 e. The van der Waals surface area contributed by atoms with Gasteiger partial charge in [-0.15, -0.1) is 0 Å². The van der Waals surface area contributed by atoms with Gasteiger partial charge in [0.1, 0.15) is 0 Å². The molecule has 2 heterocycles. The summed E-state index contributed by atoms with van der Waals surface area (Å²) in [6, 6.07) is 2.17. The number of amides is 1. The SMILES string of the molecule is CNCC1CCCCN1CC(=O)Nc1ncccn1. The number of nitrogens with one attached hydrogen (secondary N) is 2. The van der Waals surface area contributed by atoms with Crippen molar-refractivity contribution in [2.24, 2.45) is 0 Å². The molecule has 1 aliphatic rings. The summed E-state index contributed by atoms with van der Waals surface area (Å²) in [4.78, 5) is 22.2. The van der Waals surface area contributed by atoms with Crippen LogP contribution in [0.3, 0.4) is 0 Å². The van der Waals surface area contributed by atoms with Crippen LogP contribution in [0.5, 0.6) is 0 Å². The van der Waals surface area contributed by atoms with E-state index in [1.165, 1.54) is 6.42 Å². The predicted molar refractivity (Wildman–Crippen MR) is 73.8 cm³/mol. The first kappa shape index (κ1) is 13.9. The molecule has 1 unspecified atom stereocenters. The molecule has 6 nitrogen and oxygen atoms in total. The van der Waals surface area contributed by atoms with Crippen LogP contribution in [0.2, 0.25) is 0 Å². The number of hydrogen-bond acceptors (Lipinski definition) is 5. The van der Waals surface area contributed by atoms with Crippen LogP contribution >= 0.6 is 0 Å². The summed E-state index contributed by atoms with van der Waals surface area (Å²) in [5, 5.41) is 5.92. The van der Waals surface area contributed by atoms with E-state index >= 15 is 0 Å². The van der Waals surface area contributed by atoms with Gasteiger partial charge in [0.05, 0.1) is 6.54 Å². The number of carbonyl (C=O) groups is 1. The highest BCUT2D eigenvalue weighted by molar-refractivity contribution is 5.90. The lowest BCUT2D eigenvalue weighted by Gasteiger charge is -2.34. The van der Waals surface area contributed by atoms with Crippen molar-refractivity contribution in [3.63, 3.8) is 0 Å². The van der Waals surface area contributed by atoms with Gasteiger partial charge in [-0.1, -0.05) is 6.42 Å². The van der Waals surface area contributed by atoms with Crippen LogP contribution in [0, 0.1) is 0 Å². The molecule has 1 fully saturated rings. The fourth-order valence-corrected chi connectivity index (χ4v) is 2.45. The van der Waals surface area contributed by atoms with E-state index < -0.39 is 0 Å². The average Bonchev–Trinajstić information content (AvgIpc) is 2.42. The standard InChI is InChI=1S/C13H21N5O/c1-14-9-11-5-2-3-8-18(11)10-12(19)17-13-15-6-4-7-16-13/h4,6-7,11,14H,2-3,5,8-10H2,1H3,(H,15,16,17,19). The number of likely N-dealkylation sites (tertiary alicyclic amines) is 1. The highest BCUT2D eigenvalue weighted by Gasteiger charge is 2.23. The largest absolute Gasteiger partial charge is 0.318 e. The zero-order valence-corrected chi connectivity index (χ0v) is 11.3. The van der Waals surface area contributed by atoms with Gasteiger partial charge in [-0.25, -0.2) is 9.97 Å². The van der Waals surface area contributed by atoms with Gasteiger partial charge in [0.2, 0.25) is 11.9 Å². The Balaban J connectivity index is 1.86. The minimum atomic E-state index is -0.0470. The highest BCUT2D eigenvalue weighted by Crippen LogP contribution is 2.16. The number of anilines is 1. The first-order chi connectivity index (χ1) is 9.29. The third kappa shape index (κ3) is 4.25. The number of piperidine rings is 1. The molecule has 1 amide bonds.